The SMILES string of the molecule is C#CC(=O)N[C@@H]1Cn2c(c(-c3cnc4ccccc4c3)c3c(N)ncnc32)C1C. The van der Waals surface area contributed by atoms with E-state index >= 15 is 0 Å². The first kappa shape index (κ1) is 17.2. The van der Waals surface area contributed by atoms with E-state index in [0.29, 0.717) is 12.4 Å². The number of carbonyl (C=O) groups excluding carboxylic acids is 1. The summed E-state index contributed by atoms with van der Waals surface area (Å²) in [5, 5.41) is 4.76. The second-order valence-corrected chi connectivity index (χ2v) is 7.26. The van der Waals surface area contributed by atoms with Crippen LogP contribution in [0.4, 0.5) is 5.82 Å². The van der Waals surface area contributed by atoms with Crippen LogP contribution in [0, 0.1) is 12.3 Å². The molecule has 0 radical (unpaired) electrons. The lowest BCUT2D eigenvalue weighted by Gasteiger charge is -2.17. The van der Waals surface area contributed by atoms with E-state index in [1.807, 2.05) is 30.5 Å². The van der Waals surface area contributed by atoms with E-state index < -0.39 is 5.91 Å². The lowest BCUT2D eigenvalue weighted by Crippen LogP contribution is -2.36. The van der Waals surface area contributed by atoms with Gasteiger partial charge in [-0.15, -0.1) is 6.42 Å². The molecule has 142 valence electrons. The van der Waals surface area contributed by atoms with Crippen molar-refractivity contribution in [1.29, 1.82) is 0 Å². The van der Waals surface area contributed by atoms with Gasteiger partial charge in [-0.3, -0.25) is 9.78 Å². The summed E-state index contributed by atoms with van der Waals surface area (Å²) in [7, 11) is 0. The molecule has 0 bridgehead atoms. The van der Waals surface area contributed by atoms with Crippen LogP contribution in [0.3, 0.4) is 0 Å². The Morgan fingerprint density at radius 3 is 2.97 bits per heavy atom. The molecule has 0 spiro atoms. The van der Waals surface area contributed by atoms with Crippen LogP contribution in [0.2, 0.25) is 0 Å². The van der Waals surface area contributed by atoms with Gasteiger partial charge in [0, 0.05) is 40.9 Å². The molecule has 5 rings (SSSR count). The molecule has 3 aromatic heterocycles. The third-order valence-electron chi connectivity index (χ3n) is 5.65. The maximum atomic E-state index is 11.8. The van der Waals surface area contributed by atoms with E-state index in [2.05, 4.69) is 43.7 Å². The summed E-state index contributed by atoms with van der Waals surface area (Å²) in [4.78, 5) is 25.1. The number of rotatable bonds is 2. The normalized spacial score (nSPS) is 17.9. The number of fused-ring (bicyclic) bond motifs is 4. The highest BCUT2D eigenvalue weighted by molar-refractivity contribution is 6.04. The highest BCUT2D eigenvalue weighted by atomic mass is 16.1. The Morgan fingerprint density at radius 2 is 2.14 bits per heavy atom. The number of benzene rings is 1. The monoisotopic (exact) mass is 382 g/mol. The van der Waals surface area contributed by atoms with Crippen molar-refractivity contribution in [3.63, 3.8) is 0 Å². The molecule has 3 N–H and O–H groups in total. The van der Waals surface area contributed by atoms with Gasteiger partial charge in [-0.25, -0.2) is 9.97 Å². The summed E-state index contributed by atoms with van der Waals surface area (Å²) < 4.78 is 2.10. The second kappa shape index (κ2) is 6.31. The van der Waals surface area contributed by atoms with Crippen molar-refractivity contribution < 1.29 is 4.79 Å². The zero-order chi connectivity index (χ0) is 20.1. The zero-order valence-corrected chi connectivity index (χ0v) is 15.8. The molecule has 7 nitrogen and oxygen atoms in total. The average molecular weight is 382 g/mol. The number of aromatic nitrogens is 4. The minimum atomic E-state index is -0.417. The lowest BCUT2D eigenvalue weighted by molar-refractivity contribution is -0.116. The summed E-state index contributed by atoms with van der Waals surface area (Å²) in [6.07, 6.45) is 8.56. The first-order valence-corrected chi connectivity index (χ1v) is 9.33. The van der Waals surface area contributed by atoms with Crippen LogP contribution in [0.1, 0.15) is 18.5 Å². The van der Waals surface area contributed by atoms with Crippen molar-refractivity contribution in [2.45, 2.75) is 25.4 Å². The summed E-state index contributed by atoms with van der Waals surface area (Å²) >= 11 is 0. The molecular weight excluding hydrogens is 364 g/mol. The Kier molecular flexibility index (Phi) is 3.74. The van der Waals surface area contributed by atoms with Gasteiger partial charge in [-0.05, 0) is 18.1 Å². The molecule has 0 aliphatic carbocycles. The molecule has 1 unspecified atom stereocenters. The minimum Gasteiger partial charge on any atom is -0.383 e. The number of nitrogens with two attached hydrogens (primary N) is 1. The number of amides is 1. The fourth-order valence-corrected chi connectivity index (χ4v) is 4.30. The molecule has 0 fully saturated rings. The maximum Gasteiger partial charge on any atom is 0.295 e. The van der Waals surface area contributed by atoms with Crippen molar-refractivity contribution in [3.8, 4) is 23.5 Å². The molecule has 29 heavy (non-hydrogen) atoms. The number of nitrogens with zero attached hydrogens (tertiary/aromatic N) is 4. The Labute approximate surface area is 167 Å². The molecule has 2 atom stereocenters. The molecule has 1 aliphatic rings. The number of hydrogen-bond donors (Lipinski definition) is 2. The van der Waals surface area contributed by atoms with Crippen LogP contribution in [-0.4, -0.2) is 31.5 Å². The van der Waals surface area contributed by atoms with Crippen molar-refractivity contribution in [1.82, 2.24) is 24.8 Å². The van der Waals surface area contributed by atoms with Gasteiger partial charge in [0.15, 0.2) is 0 Å². The molecule has 0 saturated carbocycles. The first-order valence-electron chi connectivity index (χ1n) is 9.33. The van der Waals surface area contributed by atoms with Gasteiger partial charge in [-0.2, -0.15) is 0 Å². The van der Waals surface area contributed by atoms with Crippen molar-refractivity contribution in [2.24, 2.45) is 0 Å². The number of terminal acetylenes is 1. The molecule has 4 heterocycles. The zero-order valence-electron chi connectivity index (χ0n) is 15.8. The number of anilines is 1. The van der Waals surface area contributed by atoms with E-state index in [1.54, 1.807) is 0 Å². The van der Waals surface area contributed by atoms with Gasteiger partial charge in [0.05, 0.1) is 16.9 Å². The van der Waals surface area contributed by atoms with Crippen LogP contribution in [0.15, 0.2) is 42.9 Å². The van der Waals surface area contributed by atoms with Gasteiger partial charge >= 0.3 is 0 Å². The topological polar surface area (TPSA) is 98.7 Å². The van der Waals surface area contributed by atoms with E-state index in [-0.39, 0.29) is 12.0 Å². The molecular formula is C22H18N6O. The molecule has 7 heteroatoms. The van der Waals surface area contributed by atoms with Gasteiger partial charge in [0.2, 0.25) is 0 Å². The van der Waals surface area contributed by atoms with E-state index in [0.717, 1.165) is 38.8 Å². The van der Waals surface area contributed by atoms with E-state index in [9.17, 15) is 4.79 Å². The number of carbonyl (C=O) groups is 1. The van der Waals surface area contributed by atoms with Crippen molar-refractivity contribution >= 4 is 33.7 Å². The third-order valence-corrected chi connectivity index (χ3v) is 5.65. The summed E-state index contributed by atoms with van der Waals surface area (Å²) in [6.45, 7) is 2.64. The average Bonchev–Trinajstić information content (AvgIpc) is 3.23. The Hall–Kier alpha value is -3.92. The summed E-state index contributed by atoms with van der Waals surface area (Å²) in [5.41, 5.74) is 10.9. The minimum absolute atomic E-state index is 0.0161. The molecule has 1 amide bonds. The van der Waals surface area contributed by atoms with Gasteiger partial charge < -0.3 is 15.6 Å². The maximum absolute atomic E-state index is 11.8. The molecule has 1 aliphatic heterocycles. The highest BCUT2D eigenvalue weighted by Crippen LogP contribution is 2.44. The fraction of sp³-hybridized carbons (Fsp3) is 0.182. The fourth-order valence-electron chi connectivity index (χ4n) is 4.30. The second-order valence-electron chi connectivity index (χ2n) is 7.26. The smallest absolute Gasteiger partial charge is 0.295 e. The Balaban J connectivity index is 1.76. The Morgan fingerprint density at radius 1 is 1.31 bits per heavy atom. The summed E-state index contributed by atoms with van der Waals surface area (Å²) in [5.74, 6) is 2.16. The van der Waals surface area contributed by atoms with Gasteiger partial charge in [0.1, 0.15) is 17.8 Å². The van der Waals surface area contributed by atoms with Gasteiger partial charge in [-0.1, -0.05) is 25.1 Å². The van der Waals surface area contributed by atoms with E-state index in [4.69, 9.17) is 12.2 Å². The number of nitrogen functional groups attached to an aromatic ring is 1. The van der Waals surface area contributed by atoms with Crippen LogP contribution in [-0.2, 0) is 11.3 Å². The third kappa shape index (κ3) is 2.53. The predicted molar refractivity (Wildman–Crippen MR) is 112 cm³/mol. The molecule has 1 aromatic carbocycles. The highest BCUT2D eigenvalue weighted by Gasteiger charge is 2.36. The van der Waals surface area contributed by atoms with Crippen LogP contribution in [0.5, 0.6) is 0 Å². The molecule has 0 saturated heterocycles. The van der Waals surface area contributed by atoms with Crippen molar-refractivity contribution in [3.05, 3.63) is 48.5 Å². The Bertz CT molecular complexity index is 1330. The van der Waals surface area contributed by atoms with Gasteiger partial charge in [0.25, 0.3) is 5.91 Å². The number of pyridine rings is 1. The van der Waals surface area contributed by atoms with Crippen LogP contribution < -0.4 is 11.1 Å². The predicted octanol–water partition coefficient (Wildman–Crippen LogP) is 2.46. The molecule has 4 aromatic rings. The summed E-state index contributed by atoms with van der Waals surface area (Å²) in [6, 6.07) is 9.94. The van der Waals surface area contributed by atoms with Crippen LogP contribution in [0.25, 0.3) is 33.1 Å². The largest absolute Gasteiger partial charge is 0.383 e. The lowest BCUT2D eigenvalue weighted by atomic mass is 9.94. The quantitative estimate of drug-likeness (QED) is 0.519. The van der Waals surface area contributed by atoms with E-state index in [1.165, 1.54) is 6.33 Å². The van der Waals surface area contributed by atoms with Crippen LogP contribution >= 0.6 is 0 Å². The van der Waals surface area contributed by atoms with Crippen molar-refractivity contribution in [2.75, 3.05) is 5.73 Å². The first-order chi connectivity index (χ1) is 14.1. The number of para-hydroxylation sites is 1. The standard InChI is InChI=1S/C22H18N6O/c1-3-17(29)27-16-10-28-20(12(16)2)18(19-21(23)25-11-26-22(19)28)14-8-13-6-4-5-7-15(13)24-9-14/h1,4-9,11-12,16H,10H2,2H3,(H,27,29)(H2,23,25,26)/t12?,16-/m1/s1. The number of hydrogen-bond acceptors (Lipinski definition) is 5. The number of nitrogens with one attached hydrogen (secondary N) is 1.